The fourth-order valence-corrected chi connectivity index (χ4v) is 1.71. The second kappa shape index (κ2) is 3.84. The summed E-state index contributed by atoms with van der Waals surface area (Å²) in [6, 6.07) is 8.31. The van der Waals surface area contributed by atoms with Gasteiger partial charge < -0.3 is 10.3 Å². The third-order valence-electron chi connectivity index (χ3n) is 2.45. The molecule has 2 rings (SSSR count). The molecule has 0 aliphatic carbocycles. The second-order valence-corrected chi connectivity index (χ2v) is 3.41. The van der Waals surface area contributed by atoms with E-state index in [1.165, 1.54) is 16.5 Å². The number of aromatic nitrogens is 1. The molecule has 73 valence electrons. The van der Waals surface area contributed by atoms with E-state index in [2.05, 4.69) is 42.3 Å². The fraction of sp³-hybridized carbons (Fsp3) is 0.250. The SMILES string of the molecule is [CH2]c1[nH]c2ccccc2c1CNCC. The molecule has 0 atom stereocenters. The van der Waals surface area contributed by atoms with E-state index < -0.39 is 0 Å². The number of H-pyrrole nitrogens is 1. The molecule has 1 aromatic heterocycles. The molecule has 0 spiro atoms. The molecule has 1 aromatic carbocycles. The Hall–Kier alpha value is -1.28. The minimum atomic E-state index is 0.888. The summed E-state index contributed by atoms with van der Waals surface area (Å²) in [5, 5.41) is 4.60. The summed E-state index contributed by atoms with van der Waals surface area (Å²) in [4.78, 5) is 3.28. The molecule has 1 radical (unpaired) electrons. The molecular weight excluding hydrogens is 172 g/mol. The first-order chi connectivity index (χ1) is 6.83. The van der Waals surface area contributed by atoms with Crippen molar-refractivity contribution in [2.45, 2.75) is 13.5 Å². The molecule has 2 aromatic rings. The van der Waals surface area contributed by atoms with E-state index in [4.69, 9.17) is 0 Å². The molecule has 2 nitrogen and oxygen atoms in total. The maximum absolute atomic E-state index is 4.02. The van der Waals surface area contributed by atoms with Crippen LogP contribution in [-0.2, 0) is 6.54 Å². The standard InChI is InChI=1S/C12H15N2/c1-3-13-8-11-9(2)14-12-7-5-4-6-10(11)12/h4-7,13-14H,2-3,8H2,1H3. The van der Waals surface area contributed by atoms with Gasteiger partial charge in [0.15, 0.2) is 0 Å². The van der Waals surface area contributed by atoms with Crippen molar-refractivity contribution >= 4 is 10.9 Å². The highest BCUT2D eigenvalue weighted by molar-refractivity contribution is 5.84. The van der Waals surface area contributed by atoms with Crippen LogP contribution in [0.2, 0.25) is 0 Å². The summed E-state index contributed by atoms with van der Waals surface area (Å²) in [5.74, 6) is 0. The zero-order chi connectivity index (χ0) is 9.97. The van der Waals surface area contributed by atoms with Crippen molar-refractivity contribution in [2.24, 2.45) is 0 Å². The van der Waals surface area contributed by atoms with Crippen molar-refractivity contribution in [1.82, 2.24) is 10.3 Å². The molecule has 0 bridgehead atoms. The van der Waals surface area contributed by atoms with E-state index in [1.807, 2.05) is 6.07 Å². The van der Waals surface area contributed by atoms with Crippen LogP contribution in [0.15, 0.2) is 24.3 Å². The first-order valence-corrected chi connectivity index (χ1v) is 4.95. The van der Waals surface area contributed by atoms with Gasteiger partial charge in [0.2, 0.25) is 0 Å². The van der Waals surface area contributed by atoms with Gasteiger partial charge in [0.1, 0.15) is 0 Å². The summed E-state index contributed by atoms with van der Waals surface area (Å²) in [7, 11) is 0. The van der Waals surface area contributed by atoms with Gasteiger partial charge in [0.25, 0.3) is 0 Å². The summed E-state index contributed by atoms with van der Waals surface area (Å²) in [6.45, 7) is 8.00. The number of aromatic amines is 1. The molecule has 1 heterocycles. The number of para-hydroxylation sites is 1. The number of hydrogen-bond donors (Lipinski definition) is 2. The highest BCUT2D eigenvalue weighted by Crippen LogP contribution is 2.21. The van der Waals surface area contributed by atoms with Crippen molar-refractivity contribution < 1.29 is 0 Å². The quantitative estimate of drug-likeness (QED) is 0.759. The third kappa shape index (κ3) is 1.53. The Morgan fingerprint density at radius 3 is 2.93 bits per heavy atom. The van der Waals surface area contributed by atoms with Crippen LogP contribution in [0.1, 0.15) is 18.2 Å². The Bertz CT molecular complexity index is 429. The summed E-state index contributed by atoms with van der Waals surface area (Å²) in [5.41, 5.74) is 3.47. The van der Waals surface area contributed by atoms with Crippen LogP contribution >= 0.6 is 0 Å². The number of benzene rings is 1. The van der Waals surface area contributed by atoms with Gasteiger partial charge in [0.05, 0.1) is 0 Å². The van der Waals surface area contributed by atoms with Crippen LogP contribution in [0.3, 0.4) is 0 Å². The average Bonchev–Trinajstić information content (AvgIpc) is 2.51. The molecule has 0 fully saturated rings. The van der Waals surface area contributed by atoms with E-state index in [1.54, 1.807) is 0 Å². The minimum absolute atomic E-state index is 0.888. The van der Waals surface area contributed by atoms with Crippen LogP contribution in [0, 0.1) is 6.92 Å². The predicted molar refractivity (Wildman–Crippen MR) is 60.1 cm³/mol. The van der Waals surface area contributed by atoms with Crippen molar-refractivity contribution in [3.05, 3.63) is 42.4 Å². The lowest BCUT2D eigenvalue weighted by molar-refractivity contribution is 0.728. The van der Waals surface area contributed by atoms with E-state index in [9.17, 15) is 0 Å². The maximum Gasteiger partial charge on any atom is 0.0459 e. The summed E-state index contributed by atoms with van der Waals surface area (Å²) < 4.78 is 0. The lowest BCUT2D eigenvalue weighted by Gasteiger charge is -2.01. The Morgan fingerprint density at radius 1 is 1.36 bits per heavy atom. The molecule has 14 heavy (non-hydrogen) atoms. The molecular formula is C12H15N2. The molecule has 0 saturated heterocycles. The molecule has 0 aliphatic heterocycles. The lowest BCUT2D eigenvalue weighted by Crippen LogP contribution is -2.12. The zero-order valence-electron chi connectivity index (χ0n) is 8.43. The molecule has 0 aliphatic rings. The monoisotopic (exact) mass is 187 g/mol. The van der Waals surface area contributed by atoms with E-state index in [0.717, 1.165) is 18.8 Å². The smallest absolute Gasteiger partial charge is 0.0459 e. The van der Waals surface area contributed by atoms with Crippen molar-refractivity contribution in [3.63, 3.8) is 0 Å². The van der Waals surface area contributed by atoms with Crippen molar-refractivity contribution in [3.8, 4) is 0 Å². The zero-order valence-corrected chi connectivity index (χ0v) is 8.43. The van der Waals surface area contributed by atoms with Gasteiger partial charge in [-0.1, -0.05) is 25.1 Å². The number of rotatable bonds is 3. The van der Waals surface area contributed by atoms with E-state index in [0.29, 0.717) is 0 Å². The fourth-order valence-electron chi connectivity index (χ4n) is 1.71. The molecule has 2 N–H and O–H groups in total. The minimum Gasteiger partial charge on any atom is -0.358 e. The van der Waals surface area contributed by atoms with Crippen LogP contribution < -0.4 is 5.32 Å². The van der Waals surface area contributed by atoms with Crippen LogP contribution in [-0.4, -0.2) is 11.5 Å². The Balaban J connectivity index is 2.45. The average molecular weight is 187 g/mol. The molecule has 2 heteroatoms. The molecule has 0 saturated carbocycles. The number of fused-ring (bicyclic) bond motifs is 1. The molecule has 0 amide bonds. The van der Waals surface area contributed by atoms with Gasteiger partial charge in [-0.3, -0.25) is 0 Å². The van der Waals surface area contributed by atoms with Crippen LogP contribution in [0.4, 0.5) is 0 Å². The van der Waals surface area contributed by atoms with Crippen molar-refractivity contribution in [1.29, 1.82) is 0 Å². The summed E-state index contributed by atoms with van der Waals surface area (Å²) >= 11 is 0. The van der Waals surface area contributed by atoms with E-state index in [-0.39, 0.29) is 0 Å². The van der Waals surface area contributed by atoms with Crippen LogP contribution in [0.5, 0.6) is 0 Å². The lowest BCUT2D eigenvalue weighted by atomic mass is 10.1. The van der Waals surface area contributed by atoms with Crippen molar-refractivity contribution in [2.75, 3.05) is 6.54 Å². The van der Waals surface area contributed by atoms with Gasteiger partial charge in [-0.05, 0) is 25.1 Å². The third-order valence-corrected chi connectivity index (χ3v) is 2.45. The normalized spacial score (nSPS) is 11.0. The highest BCUT2D eigenvalue weighted by Gasteiger charge is 2.05. The Kier molecular flexibility index (Phi) is 2.55. The van der Waals surface area contributed by atoms with Crippen LogP contribution in [0.25, 0.3) is 10.9 Å². The predicted octanol–water partition coefficient (Wildman–Crippen LogP) is 2.46. The summed E-state index contributed by atoms with van der Waals surface area (Å²) in [6.07, 6.45) is 0. The van der Waals surface area contributed by atoms with E-state index >= 15 is 0 Å². The second-order valence-electron chi connectivity index (χ2n) is 3.41. The van der Waals surface area contributed by atoms with Gasteiger partial charge in [-0.25, -0.2) is 0 Å². The largest absolute Gasteiger partial charge is 0.358 e. The van der Waals surface area contributed by atoms with Gasteiger partial charge in [0, 0.05) is 23.1 Å². The number of hydrogen-bond acceptors (Lipinski definition) is 1. The number of nitrogens with one attached hydrogen (secondary N) is 2. The highest BCUT2D eigenvalue weighted by atomic mass is 14.9. The topological polar surface area (TPSA) is 27.8 Å². The molecule has 0 unspecified atom stereocenters. The van der Waals surface area contributed by atoms with Gasteiger partial charge in [-0.15, -0.1) is 0 Å². The van der Waals surface area contributed by atoms with Gasteiger partial charge in [-0.2, -0.15) is 0 Å². The Labute approximate surface area is 84.3 Å². The first kappa shape index (κ1) is 9.28. The maximum atomic E-state index is 4.02. The Morgan fingerprint density at radius 2 is 2.14 bits per heavy atom. The van der Waals surface area contributed by atoms with Gasteiger partial charge >= 0.3 is 0 Å². The first-order valence-electron chi connectivity index (χ1n) is 4.95.